The number of carbonyl (C=O) groups is 1. The maximum absolute atomic E-state index is 11.4. The molecule has 1 aromatic heterocycles. The molecule has 1 aromatic rings. The van der Waals surface area contributed by atoms with Crippen molar-refractivity contribution in [2.24, 2.45) is 0 Å². The summed E-state index contributed by atoms with van der Waals surface area (Å²) in [6.07, 6.45) is 4.78. The molecule has 1 aliphatic heterocycles. The lowest BCUT2D eigenvalue weighted by atomic mass is 10.1. The number of carbonyl (C=O) groups excluding carboxylic acids is 1. The second-order valence-corrected chi connectivity index (χ2v) is 3.74. The topological polar surface area (TPSA) is 66.9 Å². The average molecular weight is 227 g/mol. The van der Waals surface area contributed by atoms with Crippen LogP contribution in [-0.2, 0) is 4.79 Å². The lowest BCUT2D eigenvalue weighted by molar-refractivity contribution is -0.123. The van der Waals surface area contributed by atoms with Gasteiger partial charge in [-0.3, -0.25) is 9.78 Å². The van der Waals surface area contributed by atoms with Crippen LogP contribution in [0.4, 0.5) is 5.82 Å². The van der Waals surface area contributed by atoms with Crippen LogP contribution in [0.3, 0.4) is 0 Å². The average Bonchev–Trinajstić information content (AvgIpc) is 2.22. The standard InChI is InChI=1S/C9H11ClN4O/c10-7-4-11-5-8(14-7)13-6-2-1-3-12-9(6)15/h4-6H,1-3H2,(H,12,15)(H,13,14). The summed E-state index contributed by atoms with van der Waals surface area (Å²) < 4.78 is 0. The van der Waals surface area contributed by atoms with Gasteiger partial charge in [0, 0.05) is 6.54 Å². The van der Waals surface area contributed by atoms with Crippen LogP contribution >= 0.6 is 11.6 Å². The lowest BCUT2D eigenvalue weighted by Gasteiger charge is -2.22. The van der Waals surface area contributed by atoms with Crippen molar-refractivity contribution < 1.29 is 4.79 Å². The number of hydrogen-bond donors (Lipinski definition) is 2. The molecule has 1 fully saturated rings. The molecule has 0 radical (unpaired) electrons. The van der Waals surface area contributed by atoms with Crippen LogP contribution in [0, 0.1) is 0 Å². The molecule has 6 heteroatoms. The fraction of sp³-hybridized carbons (Fsp3) is 0.444. The van der Waals surface area contributed by atoms with Crippen LogP contribution < -0.4 is 10.6 Å². The molecular weight excluding hydrogens is 216 g/mol. The molecule has 0 spiro atoms. The van der Waals surface area contributed by atoms with E-state index in [-0.39, 0.29) is 11.9 Å². The zero-order valence-corrected chi connectivity index (χ0v) is 8.79. The van der Waals surface area contributed by atoms with Gasteiger partial charge in [0.05, 0.1) is 12.4 Å². The number of nitrogens with zero attached hydrogens (tertiary/aromatic N) is 2. The fourth-order valence-corrected chi connectivity index (χ4v) is 1.65. The number of anilines is 1. The van der Waals surface area contributed by atoms with Gasteiger partial charge in [0.25, 0.3) is 0 Å². The highest BCUT2D eigenvalue weighted by Gasteiger charge is 2.21. The van der Waals surface area contributed by atoms with Crippen molar-refractivity contribution in [1.29, 1.82) is 0 Å². The van der Waals surface area contributed by atoms with Crippen molar-refractivity contribution >= 4 is 23.3 Å². The molecule has 1 saturated heterocycles. The molecule has 1 atom stereocenters. The van der Waals surface area contributed by atoms with E-state index >= 15 is 0 Å². The van der Waals surface area contributed by atoms with Crippen LogP contribution in [0.2, 0.25) is 5.15 Å². The van der Waals surface area contributed by atoms with Gasteiger partial charge >= 0.3 is 0 Å². The molecule has 1 aliphatic rings. The van der Waals surface area contributed by atoms with Crippen LogP contribution in [0.15, 0.2) is 12.4 Å². The first-order chi connectivity index (χ1) is 7.25. The Morgan fingerprint density at radius 2 is 2.40 bits per heavy atom. The number of aromatic nitrogens is 2. The molecule has 80 valence electrons. The van der Waals surface area contributed by atoms with E-state index < -0.39 is 0 Å². The van der Waals surface area contributed by atoms with E-state index in [9.17, 15) is 4.79 Å². The van der Waals surface area contributed by atoms with Crippen molar-refractivity contribution in [2.75, 3.05) is 11.9 Å². The minimum Gasteiger partial charge on any atom is -0.357 e. The van der Waals surface area contributed by atoms with E-state index in [1.807, 2.05) is 0 Å². The molecule has 0 saturated carbocycles. The van der Waals surface area contributed by atoms with Crippen molar-refractivity contribution in [3.63, 3.8) is 0 Å². The fourth-order valence-electron chi connectivity index (χ4n) is 1.50. The minimum atomic E-state index is -0.230. The monoisotopic (exact) mass is 226 g/mol. The molecule has 5 nitrogen and oxygen atoms in total. The van der Waals surface area contributed by atoms with E-state index in [2.05, 4.69) is 20.6 Å². The van der Waals surface area contributed by atoms with Gasteiger partial charge in [0.2, 0.25) is 5.91 Å². The first-order valence-corrected chi connectivity index (χ1v) is 5.15. The van der Waals surface area contributed by atoms with E-state index in [0.717, 1.165) is 19.4 Å². The molecule has 2 heterocycles. The number of amides is 1. The maximum Gasteiger partial charge on any atom is 0.242 e. The molecule has 0 aliphatic carbocycles. The number of rotatable bonds is 2. The van der Waals surface area contributed by atoms with Crippen molar-refractivity contribution in [3.8, 4) is 0 Å². The molecule has 0 bridgehead atoms. The Bertz CT molecular complexity index is 371. The highest BCUT2D eigenvalue weighted by molar-refractivity contribution is 6.29. The normalized spacial score (nSPS) is 20.9. The first kappa shape index (κ1) is 10.2. The van der Waals surface area contributed by atoms with Crippen LogP contribution in [0.25, 0.3) is 0 Å². The van der Waals surface area contributed by atoms with Gasteiger partial charge in [-0.2, -0.15) is 0 Å². The first-order valence-electron chi connectivity index (χ1n) is 4.77. The smallest absolute Gasteiger partial charge is 0.242 e. The van der Waals surface area contributed by atoms with Gasteiger partial charge in [-0.1, -0.05) is 11.6 Å². The second kappa shape index (κ2) is 4.44. The van der Waals surface area contributed by atoms with E-state index in [1.54, 1.807) is 6.20 Å². The number of nitrogens with one attached hydrogen (secondary N) is 2. The summed E-state index contributed by atoms with van der Waals surface area (Å²) in [6, 6.07) is -0.230. The van der Waals surface area contributed by atoms with Crippen LogP contribution in [-0.4, -0.2) is 28.5 Å². The Morgan fingerprint density at radius 3 is 3.13 bits per heavy atom. The summed E-state index contributed by atoms with van der Waals surface area (Å²) in [5.41, 5.74) is 0. The quantitative estimate of drug-likeness (QED) is 0.784. The van der Waals surface area contributed by atoms with Gasteiger partial charge < -0.3 is 10.6 Å². The summed E-state index contributed by atoms with van der Waals surface area (Å²) in [5, 5.41) is 6.10. The Hall–Kier alpha value is -1.36. The summed E-state index contributed by atoms with van der Waals surface area (Å²) in [4.78, 5) is 19.3. The molecular formula is C9H11ClN4O. The summed E-state index contributed by atoms with van der Waals surface area (Å²) in [6.45, 7) is 0.748. The van der Waals surface area contributed by atoms with Crippen LogP contribution in [0.5, 0.6) is 0 Å². The van der Waals surface area contributed by atoms with Crippen molar-refractivity contribution in [2.45, 2.75) is 18.9 Å². The molecule has 0 aromatic carbocycles. The molecule has 15 heavy (non-hydrogen) atoms. The third-order valence-electron chi connectivity index (χ3n) is 2.21. The Morgan fingerprint density at radius 1 is 1.53 bits per heavy atom. The number of halogens is 1. The number of hydrogen-bond acceptors (Lipinski definition) is 4. The van der Waals surface area contributed by atoms with E-state index in [0.29, 0.717) is 11.0 Å². The Kier molecular flexibility index (Phi) is 3.01. The molecule has 2 N–H and O–H groups in total. The van der Waals surface area contributed by atoms with Gasteiger partial charge in [-0.15, -0.1) is 0 Å². The predicted octanol–water partition coefficient (Wildman–Crippen LogP) is 0.820. The SMILES string of the molecule is O=C1NCCCC1Nc1cncc(Cl)n1. The van der Waals surface area contributed by atoms with E-state index in [4.69, 9.17) is 11.6 Å². The zero-order chi connectivity index (χ0) is 10.7. The van der Waals surface area contributed by atoms with Gasteiger partial charge in [0.1, 0.15) is 17.0 Å². The Balaban J connectivity index is 2.04. The third-order valence-corrected chi connectivity index (χ3v) is 2.39. The Labute approximate surface area is 92.3 Å². The molecule has 2 rings (SSSR count). The summed E-state index contributed by atoms with van der Waals surface area (Å²) in [7, 11) is 0. The highest BCUT2D eigenvalue weighted by Crippen LogP contribution is 2.12. The predicted molar refractivity (Wildman–Crippen MR) is 56.7 cm³/mol. The largest absolute Gasteiger partial charge is 0.357 e. The van der Waals surface area contributed by atoms with Gasteiger partial charge in [0.15, 0.2) is 0 Å². The van der Waals surface area contributed by atoms with E-state index in [1.165, 1.54) is 6.20 Å². The molecule has 1 amide bonds. The summed E-state index contributed by atoms with van der Waals surface area (Å²) >= 11 is 5.68. The minimum absolute atomic E-state index is 0.00280. The lowest BCUT2D eigenvalue weighted by Crippen LogP contribution is -2.44. The molecule has 1 unspecified atom stereocenters. The van der Waals surface area contributed by atoms with Crippen LogP contribution in [0.1, 0.15) is 12.8 Å². The number of piperidine rings is 1. The second-order valence-electron chi connectivity index (χ2n) is 3.36. The zero-order valence-electron chi connectivity index (χ0n) is 8.03. The third kappa shape index (κ3) is 2.56. The highest BCUT2D eigenvalue weighted by atomic mass is 35.5. The van der Waals surface area contributed by atoms with Gasteiger partial charge in [-0.25, -0.2) is 4.98 Å². The summed E-state index contributed by atoms with van der Waals surface area (Å²) in [5.74, 6) is 0.535. The van der Waals surface area contributed by atoms with Crippen molar-refractivity contribution in [3.05, 3.63) is 17.5 Å². The van der Waals surface area contributed by atoms with Gasteiger partial charge in [-0.05, 0) is 12.8 Å². The van der Waals surface area contributed by atoms with Crippen molar-refractivity contribution in [1.82, 2.24) is 15.3 Å². The maximum atomic E-state index is 11.4.